The van der Waals surface area contributed by atoms with Crippen LogP contribution in [0.4, 0.5) is 4.39 Å². The van der Waals surface area contributed by atoms with Crippen LogP contribution in [0, 0.1) is 11.3 Å². The summed E-state index contributed by atoms with van der Waals surface area (Å²) >= 11 is 3.28. The maximum atomic E-state index is 13.5. The van der Waals surface area contributed by atoms with Crippen molar-refractivity contribution in [2.75, 3.05) is 6.67 Å². The Morgan fingerprint density at radius 2 is 1.81 bits per heavy atom. The number of amides is 1. The van der Waals surface area contributed by atoms with Crippen molar-refractivity contribution in [3.8, 4) is 6.07 Å². The summed E-state index contributed by atoms with van der Waals surface area (Å²) in [5, 5.41) is 11.8. The number of carbonyl (C=O) groups is 1. The maximum absolute atomic E-state index is 13.5. The SMILES string of the molecule is N#CC(CF)(NC(=O)c1ccc(Br)cc1)c1ccccc1. The van der Waals surface area contributed by atoms with E-state index < -0.39 is 18.1 Å². The van der Waals surface area contributed by atoms with Gasteiger partial charge in [0, 0.05) is 10.0 Å². The molecule has 0 spiro atoms. The number of alkyl halides is 1. The summed E-state index contributed by atoms with van der Waals surface area (Å²) in [6.45, 7) is -1.00. The minimum atomic E-state index is -1.68. The van der Waals surface area contributed by atoms with E-state index in [4.69, 9.17) is 0 Å². The Hall–Kier alpha value is -2.19. The van der Waals surface area contributed by atoms with Crippen LogP contribution in [0.2, 0.25) is 0 Å². The van der Waals surface area contributed by atoms with Gasteiger partial charge in [-0.05, 0) is 29.8 Å². The fraction of sp³-hybridized carbons (Fsp3) is 0.125. The molecule has 1 unspecified atom stereocenters. The van der Waals surface area contributed by atoms with E-state index in [-0.39, 0.29) is 0 Å². The monoisotopic (exact) mass is 346 g/mol. The fourth-order valence-electron chi connectivity index (χ4n) is 1.90. The highest BCUT2D eigenvalue weighted by molar-refractivity contribution is 9.10. The van der Waals surface area contributed by atoms with Gasteiger partial charge in [-0.25, -0.2) is 4.39 Å². The minimum Gasteiger partial charge on any atom is -0.328 e. The van der Waals surface area contributed by atoms with Crippen LogP contribution in [0.3, 0.4) is 0 Å². The van der Waals surface area contributed by atoms with Crippen molar-refractivity contribution in [2.45, 2.75) is 5.54 Å². The third kappa shape index (κ3) is 3.29. The van der Waals surface area contributed by atoms with Gasteiger partial charge < -0.3 is 5.32 Å². The summed E-state index contributed by atoms with van der Waals surface area (Å²) in [6, 6.07) is 16.9. The number of nitriles is 1. The Balaban J connectivity index is 2.31. The molecule has 0 fully saturated rings. The van der Waals surface area contributed by atoms with E-state index in [1.54, 1.807) is 54.6 Å². The summed E-state index contributed by atoms with van der Waals surface area (Å²) < 4.78 is 14.3. The molecule has 1 amide bonds. The number of nitrogens with one attached hydrogen (secondary N) is 1. The van der Waals surface area contributed by atoms with E-state index in [0.717, 1.165) is 4.47 Å². The average molecular weight is 347 g/mol. The van der Waals surface area contributed by atoms with Crippen LogP contribution in [0.15, 0.2) is 59.1 Å². The topological polar surface area (TPSA) is 52.9 Å². The fourth-order valence-corrected chi connectivity index (χ4v) is 2.16. The highest BCUT2D eigenvalue weighted by atomic mass is 79.9. The zero-order valence-electron chi connectivity index (χ0n) is 11.0. The lowest BCUT2D eigenvalue weighted by Gasteiger charge is -2.25. The molecule has 3 nitrogen and oxygen atoms in total. The van der Waals surface area contributed by atoms with Crippen molar-refractivity contribution >= 4 is 21.8 Å². The minimum absolute atomic E-state index is 0.363. The van der Waals surface area contributed by atoms with Gasteiger partial charge in [0.05, 0.1) is 6.07 Å². The van der Waals surface area contributed by atoms with Gasteiger partial charge in [0.15, 0.2) is 5.54 Å². The molecular formula is C16H12BrFN2O. The largest absolute Gasteiger partial charge is 0.328 e. The predicted molar refractivity (Wildman–Crippen MR) is 81.3 cm³/mol. The van der Waals surface area contributed by atoms with Gasteiger partial charge in [-0.15, -0.1) is 0 Å². The molecule has 0 aromatic heterocycles. The normalized spacial score (nSPS) is 13.0. The van der Waals surface area contributed by atoms with Crippen LogP contribution in [-0.2, 0) is 5.54 Å². The molecule has 0 aliphatic rings. The van der Waals surface area contributed by atoms with Crippen LogP contribution in [0.5, 0.6) is 0 Å². The van der Waals surface area contributed by atoms with Crippen LogP contribution < -0.4 is 5.32 Å². The zero-order chi connectivity index (χ0) is 15.3. The standard InChI is InChI=1S/C16H12BrFN2O/c17-14-8-6-12(7-9-14)15(21)20-16(10-18,11-19)13-4-2-1-3-5-13/h1-9H,10H2,(H,20,21). The van der Waals surface area contributed by atoms with Gasteiger partial charge in [0.2, 0.25) is 0 Å². The first-order valence-corrected chi connectivity index (χ1v) is 7.01. The van der Waals surface area contributed by atoms with E-state index in [0.29, 0.717) is 11.1 Å². The van der Waals surface area contributed by atoms with Gasteiger partial charge in [0.25, 0.3) is 5.91 Å². The Morgan fingerprint density at radius 3 is 2.33 bits per heavy atom. The van der Waals surface area contributed by atoms with Crippen molar-refractivity contribution in [1.29, 1.82) is 5.26 Å². The Morgan fingerprint density at radius 1 is 1.19 bits per heavy atom. The second kappa shape index (κ2) is 6.51. The van der Waals surface area contributed by atoms with E-state index in [9.17, 15) is 14.4 Å². The van der Waals surface area contributed by atoms with Crippen molar-refractivity contribution in [3.63, 3.8) is 0 Å². The van der Waals surface area contributed by atoms with Gasteiger partial charge in [-0.3, -0.25) is 4.79 Å². The predicted octanol–water partition coefficient (Wildman–Crippen LogP) is 3.57. The molecule has 1 N–H and O–H groups in total. The van der Waals surface area contributed by atoms with Crippen molar-refractivity contribution in [2.24, 2.45) is 0 Å². The molecule has 0 radical (unpaired) electrons. The summed E-state index contributed by atoms with van der Waals surface area (Å²) in [7, 11) is 0. The molecule has 2 aromatic rings. The molecule has 0 aliphatic heterocycles. The summed E-state index contributed by atoms with van der Waals surface area (Å²) in [4.78, 5) is 12.2. The van der Waals surface area contributed by atoms with Crippen LogP contribution in [0.1, 0.15) is 15.9 Å². The highest BCUT2D eigenvalue weighted by Gasteiger charge is 2.34. The van der Waals surface area contributed by atoms with Crippen molar-refractivity contribution < 1.29 is 9.18 Å². The molecule has 0 aliphatic carbocycles. The number of rotatable bonds is 4. The zero-order valence-corrected chi connectivity index (χ0v) is 12.6. The molecule has 1 atom stereocenters. The van der Waals surface area contributed by atoms with E-state index >= 15 is 0 Å². The summed E-state index contributed by atoms with van der Waals surface area (Å²) in [6.07, 6.45) is 0. The Labute approximate surface area is 130 Å². The van der Waals surface area contributed by atoms with Crippen LogP contribution in [0.25, 0.3) is 0 Å². The lowest BCUT2D eigenvalue weighted by Crippen LogP contribution is -2.46. The number of hydrogen-bond acceptors (Lipinski definition) is 2. The van der Waals surface area contributed by atoms with E-state index in [1.807, 2.05) is 6.07 Å². The highest BCUT2D eigenvalue weighted by Crippen LogP contribution is 2.22. The molecule has 5 heteroatoms. The molecule has 0 saturated carbocycles. The Kier molecular flexibility index (Phi) is 4.71. The quantitative estimate of drug-likeness (QED) is 0.919. The smallest absolute Gasteiger partial charge is 0.252 e. The van der Waals surface area contributed by atoms with Crippen LogP contribution in [-0.4, -0.2) is 12.6 Å². The first-order valence-electron chi connectivity index (χ1n) is 6.22. The molecule has 21 heavy (non-hydrogen) atoms. The van der Waals surface area contributed by atoms with E-state index in [2.05, 4.69) is 21.2 Å². The Bertz CT molecular complexity index is 667. The molecule has 2 aromatic carbocycles. The maximum Gasteiger partial charge on any atom is 0.252 e. The summed E-state index contributed by atoms with van der Waals surface area (Å²) in [5.74, 6) is -0.495. The third-order valence-electron chi connectivity index (χ3n) is 3.09. The van der Waals surface area contributed by atoms with Gasteiger partial charge in [-0.2, -0.15) is 5.26 Å². The molecule has 106 valence electrons. The van der Waals surface area contributed by atoms with Crippen LogP contribution >= 0.6 is 15.9 Å². The second-order valence-corrected chi connectivity index (χ2v) is 5.39. The average Bonchev–Trinajstić information content (AvgIpc) is 2.54. The molecular weight excluding hydrogens is 335 g/mol. The number of benzene rings is 2. The summed E-state index contributed by atoms with van der Waals surface area (Å²) in [5.41, 5.74) is -0.895. The van der Waals surface area contributed by atoms with Gasteiger partial charge >= 0.3 is 0 Å². The molecule has 0 saturated heterocycles. The van der Waals surface area contributed by atoms with Crippen molar-refractivity contribution in [1.82, 2.24) is 5.32 Å². The first-order chi connectivity index (χ1) is 10.1. The first kappa shape index (κ1) is 15.2. The van der Waals surface area contributed by atoms with Gasteiger partial charge in [0.1, 0.15) is 6.67 Å². The third-order valence-corrected chi connectivity index (χ3v) is 3.62. The molecule has 2 rings (SSSR count). The second-order valence-electron chi connectivity index (χ2n) is 4.48. The number of carbonyl (C=O) groups excluding carboxylic acids is 1. The number of hydrogen-bond donors (Lipinski definition) is 1. The number of nitrogens with zero attached hydrogens (tertiary/aromatic N) is 1. The van der Waals surface area contributed by atoms with Gasteiger partial charge in [-0.1, -0.05) is 46.3 Å². The lowest BCUT2D eigenvalue weighted by molar-refractivity contribution is 0.0906. The van der Waals surface area contributed by atoms with E-state index in [1.165, 1.54) is 0 Å². The molecule has 0 heterocycles. The molecule has 0 bridgehead atoms. The van der Waals surface area contributed by atoms with Crippen molar-refractivity contribution in [3.05, 3.63) is 70.2 Å². The lowest BCUT2D eigenvalue weighted by atomic mass is 9.92. The number of halogens is 2.